The Kier molecular flexibility index (Phi) is 6.58. The monoisotopic (exact) mass is 594 g/mol. The molecule has 3 aromatic carbocycles. The van der Waals surface area contributed by atoms with Crippen molar-refractivity contribution in [3.63, 3.8) is 0 Å². The molecule has 0 saturated carbocycles. The van der Waals surface area contributed by atoms with Crippen LogP contribution in [0.15, 0.2) is 76.8 Å². The van der Waals surface area contributed by atoms with Crippen LogP contribution in [0.3, 0.4) is 0 Å². The van der Waals surface area contributed by atoms with Crippen molar-refractivity contribution < 1.29 is 17.4 Å². The molecule has 5 rings (SSSR count). The van der Waals surface area contributed by atoms with E-state index in [2.05, 4.69) is 112 Å². The van der Waals surface area contributed by atoms with Gasteiger partial charge in [0.25, 0.3) is 0 Å². The van der Waals surface area contributed by atoms with Gasteiger partial charge in [0, 0.05) is 0 Å². The number of hydrogen-bond acceptors (Lipinski definition) is 0. The molecular formula is C25H27BrCl2SiZr. The normalized spacial score (nSPS) is 17.2. The van der Waals surface area contributed by atoms with Gasteiger partial charge in [-0.2, -0.15) is 0 Å². The maximum Gasteiger partial charge on any atom is -0.147 e. The molecule has 3 aromatic rings. The third kappa shape index (κ3) is 3.41. The Morgan fingerprint density at radius 3 is 1.80 bits per heavy atom. The molecule has 0 saturated heterocycles. The van der Waals surface area contributed by atoms with E-state index in [1.54, 1.807) is 22.3 Å². The van der Waals surface area contributed by atoms with Gasteiger partial charge < -0.3 is 0 Å². The van der Waals surface area contributed by atoms with Crippen molar-refractivity contribution >= 4 is 53.7 Å². The molecule has 2 aliphatic rings. The molecule has 0 spiro atoms. The van der Waals surface area contributed by atoms with E-state index < -0.39 is 17.4 Å². The number of allylic oxidation sites excluding steroid dienone is 1. The van der Waals surface area contributed by atoms with Gasteiger partial charge in [0.1, 0.15) is 0 Å². The first-order chi connectivity index (χ1) is 13.3. The minimum absolute atomic E-state index is 0. The van der Waals surface area contributed by atoms with Crippen LogP contribution in [0.1, 0.15) is 36.4 Å². The zero-order valence-electron chi connectivity index (χ0n) is 17.5. The van der Waals surface area contributed by atoms with Crippen LogP contribution in [-0.2, 0) is 17.4 Å². The summed E-state index contributed by atoms with van der Waals surface area (Å²) < 4.78 is 7.76. The van der Waals surface area contributed by atoms with E-state index in [4.69, 9.17) is 0 Å². The summed E-state index contributed by atoms with van der Waals surface area (Å²) in [4.78, 5) is 0. The minimum Gasteiger partial charge on any atom is -0.147 e. The van der Waals surface area contributed by atoms with Crippen LogP contribution in [0.2, 0.25) is 9.26 Å². The van der Waals surface area contributed by atoms with E-state index in [1.807, 2.05) is 0 Å². The summed E-state index contributed by atoms with van der Waals surface area (Å²) in [6.07, 6.45) is 2.44. The van der Waals surface area contributed by atoms with Crippen LogP contribution in [0, 0.1) is 0 Å². The molecular weight excluding hydrogens is 570 g/mol. The average Bonchev–Trinajstić information content (AvgIpc) is 3.18. The van der Waals surface area contributed by atoms with Gasteiger partial charge in [0.05, 0.1) is 0 Å². The number of hydrogen-bond donors (Lipinski definition) is 0. The van der Waals surface area contributed by atoms with E-state index in [-0.39, 0.29) is 24.8 Å². The quantitative estimate of drug-likeness (QED) is 0.264. The van der Waals surface area contributed by atoms with Gasteiger partial charge in [-0.15, -0.1) is 24.8 Å². The Morgan fingerprint density at radius 1 is 0.733 bits per heavy atom. The topological polar surface area (TPSA) is 0 Å². The van der Waals surface area contributed by atoms with Crippen molar-refractivity contribution in [3.8, 4) is 11.1 Å². The van der Waals surface area contributed by atoms with Crippen LogP contribution in [0.5, 0.6) is 0 Å². The molecule has 5 heteroatoms. The summed E-state index contributed by atoms with van der Waals surface area (Å²) in [7, 11) is 0. The zero-order chi connectivity index (χ0) is 19.7. The van der Waals surface area contributed by atoms with Gasteiger partial charge in [-0.3, -0.25) is 0 Å². The average molecular weight is 598 g/mol. The number of rotatable bonds is 2. The Hall–Kier alpha value is -0.440. The second-order valence-corrected chi connectivity index (χ2v) is 40.9. The summed E-state index contributed by atoms with van der Waals surface area (Å²) >= 11 is 0.439. The Balaban J connectivity index is 0.00000128. The molecule has 0 radical (unpaired) electrons. The summed E-state index contributed by atoms with van der Waals surface area (Å²) in [5, 5.41) is 0. The van der Waals surface area contributed by atoms with Gasteiger partial charge >= 0.3 is 180 Å². The van der Waals surface area contributed by atoms with Crippen molar-refractivity contribution in [2.75, 3.05) is 0 Å². The van der Waals surface area contributed by atoms with E-state index in [0.29, 0.717) is 7.25 Å². The third-order valence-electron chi connectivity index (χ3n) is 6.96. The maximum absolute atomic E-state index is 3.80. The molecule has 0 aromatic heterocycles. The fourth-order valence-electron chi connectivity index (χ4n) is 6.12. The molecule has 0 aliphatic heterocycles. The Morgan fingerprint density at radius 2 is 1.23 bits per heavy atom. The first kappa shape index (κ1) is 24.2. The van der Waals surface area contributed by atoms with E-state index in [1.165, 1.54) is 21.2 Å². The largest absolute Gasteiger partial charge is 0.147 e. The SMILES string of the molecule is CC1=Cc2c(Br)cccc2[CH]1[Zr]([CH3])([CH3])(=[SiH2])[CH]1c2ccccc2-c2ccccc21.Cl.Cl. The summed E-state index contributed by atoms with van der Waals surface area (Å²) in [5.74, 6) is 0. The number of benzene rings is 3. The molecule has 1 atom stereocenters. The first-order valence-electron chi connectivity index (χ1n) is 10.0. The van der Waals surface area contributed by atoms with Crippen LogP contribution in [-0.4, -0.2) is 6.88 Å². The summed E-state index contributed by atoms with van der Waals surface area (Å²) in [6.45, 7) is 4.76. The van der Waals surface area contributed by atoms with E-state index in [9.17, 15) is 0 Å². The Labute approximate surface area is 203 Å². The fraction of sp³-hybridized carbons (Fsp3) is 0.200. The van der Waals surface area contributed by atoms with Crippen LogP contribution in [0.25, 0.3) is 17.2 Å². The van der Waals surface area contributed by atoms with Crippen molar-refractivity contribution in [2.45, 2.75) is 23.4 Å². The molecule has 0 fully saturated rings. The maximum atomic E-state index is 3.80. The zero-order valence-corrected chi connectivity index (χ0v) is 24.6. The van der Waals surface area contributed by atoms with Gasteiger partial charge in [-0.25, -0.2) is 0 Å². The second kappa shape index (κ2) is 8.16. The third-order valence-corrected chi connectivity index (χ3v) is 25.2. The van der Waals surface area contributed by atoms with Crippen molar-refractivity contribution in [3.05, 3.63) is 99.0 Å². The molecule has 156 valence electrons. The molecule has 0 nitrogen and oxygen atoms in total. The van der Waals surface area contributed by atoms with Gasteiger partial charge in [-0.05, 0) is 0 Å². The minimum atomic E-state index is -3.36. The predicted octanol–water partition coefficient (Wildman–Crippen LogP) is 7.85. The molecule has 0 amide bonds. The first-order valence-corrected chi connectivity index (χ1v) is 24.5. The van der Waals surface area contributed by atoms with Crippen LogP contribution < -0.4 is 0 Å². The Bertz CT molecular complexity index is 1200. The number of halogens is 3. The van der Waals surface area contributed by atoms with E-state index >= 15 is 0 Å². The molecule has 30 heavy (non-hydrogen) atoms. The molecule has 0 N–H and O–H groups in total. The smallest absolute Gasteiger partial charge is 0.147 e. The fourth-order valence-corrected chi connectivity index (χ4v) is 26.5. The molecule has 0 bridgehead atoms. The van der Waals surface area contributed by atoms with Gasteiger partial charge in [0.2, 0.25) is 0 Å². The van der Waals surface area contributed by atoms with Gasteiger partial charge in [0.15, 0.2) is 0 Å². The molecule has 2 aliphatic carbocycles. The summed E-state index contributed by atoms with van der Waals surface area (Å²) in [5.41, 5.74) is 10.5. The predicted molar refractivity (Wildman–Crippen MR) is 139 cm³/mol. The van der Waals surface area contributed by atoms with Crippen LogP contribution in [0.4, 0.5) is 0 Å². The van der Waals surface area contributed by atoms with E-state index in [0.717, 1.165) is 0 Å². The standard InChI is InChI=1S/C13H9.C10H8Br.2CH3.2ClH.H2Si.Zr/c1-3-7-12-10(5-1)9-11-6-2-4-8-13(11)12;1-7-5-8-3-2-4-10(11)9(8)6-7;;;;;;/h1-9H;2-6H,1H3;2*1H3;2*1H;1H2;. The molecule has 1 unspecified atom stereocenters. The van der Waals surface area contributed by atoms with Crippen molar-refractivity contribution in [2.24, 2.45) is 0 Å². The van der Waals surface area contributed by atoms with Gasteiger partial charge in [-0.1, -0.05) is 0 Å². The van der Waals surface area contributed by atoms with Crippen molar-refractivity contribution in [1.29, 1.82) is 0 Å². The van der Waals surface area contributed by atoms with Crippen molar-refractivity contribution in [1.82, 2.24) is 0 Å². The number of fused-ring (bicyclic) bond motifs is 4. The van der Waals surface area contributed by atoms with Crippen LogP contribution >= 0.6 is 40.7 Å². The molecule has 0 heterocycles. The summed E-state index contributed by atoms with van der Waals surface area (Å²) in [6, 6.07) is 25.0. The second-order valence-electron chi connectivity index (χ2n) is 9.61.